The Morgan fingerprint density at radius 2 is 2.13 bits per heavy atom. The molecule has 1 saturated heterocycles. The highest BCUT2D eigenvalue weighted by Crippen LogP contribution is 2.21. The van der Waals surface area contributed by atoms with Gasteiger partial charge >= 0.3 is 0 Å². The molecule has 2 rings (SSSR count). The molecule has 0 aromatic heterocycles. The fourth-order valence-corrected chi connectivity index (χ4v) is 2.95. The van der Waals surface area contributed by atoms with E-state index in [1.54, 1.807) is 0 Å². The lowest BCUT2D eigenvalue weighted by molar-refractivity contribution is 0.226. The van der Waals surface area contributed by atoms with Gasteiger partial charge in [0.2, 0.25) is 0 Å². The number of hydrogen-bond acceptors (Lipinski definition) is 2. The molecule has 0 aliphatic carbocycles. The normalized spacial score (nSPS) is 22.9. The molecule has 1 atom stereocenters. The molecule has 0 saturated carbocycles. The predicted octanol–water partition coefficient (Wildman–Crippen LogP) is 3.01. The third-order valence-corrected chi connectivity index (χ3v) is 4.10. The molecule has 1 aromatic carbocycles. The van der Waals surface area contributed by atoms with E-state index >= 15 is 0 Å². The van der Waals surface area contributed by atoms with Crippen molar-refractivity contribution in [2.24, 2.45) is 0 Å². The van der Waals surface area contributed by atoms with E-state index in [-0.39, 0.29) is 0 Å². The summed E-state index contributed by atoms with van der Waals surface area (Å²) in [6.07, 6.45) is 4.99. The van der Waals surface area contributed by atoms with E-state index in [0.717, 1.165) is 11.8 Å². The Labute approximate surface area is 96.9 Å². The van der Waals surface area contributed by atoms with Crippen LogP contribution in [0.15, 0.2) is 30.3 Å². The maximum Gasteiger partial charge on any atom is 0.0234 e. The molecule has 1 aliphatic rings. The summed E-state index contributed by atoms with van der Waals surface area (Å²) in [5, 5.41) is 0.850. The van der Waals surface area contributed by atoms with Gasteiger partial charge in [-0.05, 0) is 31.2 Å². The minimum atomic E-state index is 0.850. The maximum absolute atomic E-state index is 2.58. The van der Waals surface area contributed by atoms with Crippen molar-refractivity contribution in [3.63, 3.8) is 0 Å². The largest absolute Gasteiger partial charge is 0.298 e. The third kappa shape index (κ3) is 3.25. The SMILES string of the molecule is CS[C@H]1CCCN(Cc2ccccc2)C1. The van der Waals surface area contributed by atoms with Crippen LogP contribution >= 0.6 is 11.8 Å². The minimum absolute atomic E-state index is 0.850. The molecule has 1 fully saturated rings. The van der Waals surface area contributed by atoms with Gasteiger partial charge in [-0.25, -0.2) is 0 Å². The number of likely N-dealkylation sites (tertiary alicyclic amines) is 1. The summed E-state index contributed by atoms with van der Waals surface area (Å²) < 4.78 is 0. The van der Waals surface area contributed by atoms with Crippen molar-refractivity contribution >= 4 is 11.8 Å². The number of hydrogen-bond donors (Lipinski definition) is 0. The van der Waals surface area contributed by atoms with Crippen LogP contribution in [0, 0.1) is 0 Å². The van der Waals surface area contributed by atoms with Crippen molar-refractivity contribution in [2.45, 2.75) is 24.6 Å². The van der Waals surface area contributed by atoms with Crippen molar-refractivity contribution in [3.8, 4) is 0 Å². The second-order valence-corrected chi connectivity index (χ2v) is 5.36. The zero-order chi connectivity index (χ0) is 10.5. The molecule has 1 aliphatic heterocycles. The molecule has 1 nitrogen and oxygen atoms in total. The van der Waals surface area contributed by atoms with Crippen LogP contribution < -0.4 is 0 Å². The summed E-state index contributed by atoms with van der Waals surface area (Å²) in [4.78, 5) is 2.58. The molecule has 2 heteroatoms. The monoisotopic (exact) mass is 221 g/mol. The zero-order valence-electron chi connectivity index (χ0n) is 9.36. The summed E-state index contributed by atoms with van der Waals surface area (Å²) in [5.74, 6) is 0. The van der Waals surface area contributed by atoms with Crippen molar-refractivity contribution in [1.29, 1.82) is 0 Å². The summed E-state index contributed by atoms with van der Waals surface area (Å²) in [6, 6.07) is 10.8. The summed E-state index contributed by atoms with van der Waals surface area (Å²) in [7, 11) is 0. The number of rotatable bonds is 3. The minimum Gasteiger partial charge on any atom is -0.298 e. The van der Waals surface area contributed by atoms with Gasteiger partial charge in [-0.1, -0.05) is 30.3 Å². The molecule has 1 heterocycles. The van der Waals surface area contributed by atoms with E-state index < -0.39 is 0 Å². The van der Waals surface area contributed by atoms with Crippen molar-refractivity contribution in [3.05, 3.63) is 35.9 Å². The van der Waals surface area contributed by atoms with E-state index in [9.17, 15) is 0 Å². The van der Waals surface area contributed by atoms with Crippen molar-refractivity contribution < 1.29 is 0 Å². The van der Waals surface area contributed by atoms with Crippen LogP contribution in [0.25, 0.3) is 0 Å². The fourth-order valence-electron chi connectivity index (χ4n) is 2.19. The Bertz CT molecular complexity index is 286. The smallest absolute Gasteiger partial charge is 0.0234 e. The Hall–Kier alpha value is -0.470. The maximum atomic E-state index is 2.58. The second-order valence-electron chi connectivity index (χ2n) is 4.22. The van der Waals surface area contributed by atoms with Crippen molar-refractivity contribution in [2.75, 3.05) is 19.3 Å². The lowest BCUT2D eigenvalue weighted by atomic mass is 10.1. The highest BCUT2D eigenvalue weighted by atomic mass is 32.2. The lowest BCUT2D eigenvalue weighted by Crippen LogP contribution is -2.36. The van der Waals surface area contributed by atoms with E-state index in [2.05, 4.69) is 41.5 Å². The van der Waals surface area contributed by atoms with Crippen LogP contribution in [-0.2, 0) is 6.54 Å². The summed E-state index contributed by atoms with van der Waals surface area (Å²) >= 11 is 2.02. The molecule has 0 bridgehead atoms. The molecule has 0 unspecified atom stereocenters. The van der Waals surface area contributed by atoms with Crippen LogP contribution in [0.2, 0.25) is 0 Å². The quantitative estimate of drug-likeness (QED) is 0.772. The average Bonchev–Trinajstić information content (AvgIpc) is 2.31. The van der Waals surface area contributed by atoms with E-state index in [1.807, 2.05) is 11.8 Å². The van der Waals surface area contributed by atoms with Gasteiger partial charge in [0.15, 0.2) is 0 Å². The number of piperidine rings is 1. The third-order valence-electron chi connectivity index (χ3n) is 3.04. The highest BCUT2D eigenvalue weighted by molar-refractivity contribution is 7.99. The highest BCUT2D eigenvalue weighted by Gasteiger charge is 2.18. The first-order chi connectivity index (χ1) is 7.38. The van der Waals surface area contributed by atoms with E-state index in [1.165, 1.54) is 31.5 Å². The molecule has 0 amide bonds. The molecule has 0 spiro atoms. The first-order valence-corrected chi connectivity index (χ1v) is 6.96. The Morgan fingerprint density at radius 1 is 1.33 bits per heavy atom. The van der Waals surface area contributed by atoms with Gasteiger partial charge in [0.1, 0.15) is 0 Å². The molecular weight excluding hydrogens is 202 g/mol. The van der Waals surface area contributed by atoms with Gasteiger partial charge in [0.05, 0.1) is 0 Å². The van der Waals surface area contributed by atoms with E-state index in [4.69, 9.17) is 0 Å². The first kappa shape index (κ1) is 11.0. The summed E-state index contributed by atoms with van der Waals surface area (Å²) in [6.45, 7) is 3.65. The topological polar surface area (TPSA) is 3.24 Å². The van der Waals surface area contributed by atoms with Gasteiger partial charge in [-0.3, -0.25) is 4.90 Å². The number of thioether (sulfide) groups is 1. The zero-order valence-corrected chi connectivity index (χ0v) is 10.2. The van der Waals surface area contributed by atoms with Crippen LogP contribution in [-0.4, -0.2) is 29.5 Å². The molecule has 15 heavy (non-hydrogen) atoms. The Kier molecular flexibility index (Phi) is 4.09. The lowest BCUT2D eigenvalue weighted by Gasteiger charge is -2.31. The van der Waals surface area contributed by atoms with Crippen LogP contribution in [0.4, 0.5) is 0 Å². The molecular formula is C13H19NS. The van der Waals surface area contributed by atoms with E-state index in [0.29, 0.717) is 0 Å². The molecule has 0 N–H and O–H groups in total. The predicted molar refractivity (Wildman–Crippen MR) is 68.3 cm³/mol. The first-order valence-electron chi connectivity index (χ1n) is 5.67. The Morgan fingerprint density at radius 3 is 2.87 bits per heavy atom. The van der Waals surface area contributed by atoms with Gasteiger partial charge in [-0.2, -0.15) is 11.8 Å². The van der Waals surface area contributed by atoms with Gasteiger partial charge in [-0.15, -0.1) is 0 Å². The number of nitrogens with zero attached hydrogens (tertiary/aromatic N) is 1. The van der Waals surface area contributed by atoms with Gasteiger partial charge in [0, 0.05) is 18.3 Å². The van der Waals surface area contributed by atoms with Gasteiger partial charge in [0.25, 0.3) is 0 Å². The van der Waals surface area contributed by atoms with Crippen LogP contribution in [0.5, 0.6) is 0 Å². The number of benzene rings is 1. The summed E-state index contributed by atoms with van der Waals surface area (Å²) in [5.41, 5.74) is 1.44. The molecule has 0 radical (unpaired) electrons. The Balaban J connectivity index is 1.89. The second kappa shape index (κ2) is 5.57. The fraction of sp³-hybridized carbons (Fsp3) is 0.538. The van der Waals surface area contributed by atoms with Crippen LogP contribution in [0.3, 0.4) is 0 Å². The molecule has 1 aromatic rings. The standard InChI is InChI=1S/C13H19NS/c1-15-13-8-5-9-14(11-13)10-12-6-3-2-4-7-12/h2-4,6-7,13H,5,8-11H2,1H3/t13-/m0/s1. The van der Waals surface area contributed by atoms with Crippen LogP contribution in [0.1, 0.15) is 18.4 Å². The average molecular weight is 221 g/mol. The van der Waals surface area contributed by atoms with Gasteiger partial charge < -0.3 is 0 Å². The van der Waals surface area contributed by atoms with Crippen molar-refractivity contribution in [1.82, 2.24) is 4.90 Å². The molecule has 82 valence electrons.